The Morgan fingerprint density at radius 1 is 1.00 bits per heavy atom. The van der Waals surface area contributed by atoms with Crippen LogP contribution in [0.25, 0.3) is 0 Å². The fourth-order valence-electron chi connectivity index (χ4n) is 0.896. The van der Waals surface area contributed by atoms with Gasteiger partial charge in [-0.2, -0.15) is 0 Å². The van der Waals surface area contributed by atoms with E-state index in [2.05, 4.69) is 16.9 Å². The van der Waals surface area contributed by atoms with Crippen molar-refractivity contribution in [1.82, 2.24) is 5.32 Å². The van der Waals surface area contributed by atoms with Gasteiger partial charge in [0.2, 0.25) is 0 Å². The fourth-order valence-corrected chi connectivity index (χ4v) is 0.896. The van der Waals surface area contributed by atoms with Crippen molar-refractivity contribution in [2.24, 2.45) is 4.99 Å². The molecule has 0 unspecified atom stereocenters. The Labute approximate surface area is 88.8 Å². The highest BCUT2D eigenvalue weighted by Gasteiger charge is 2.06. The summed E-state index contributed by atoms with van der Waals surface area (Å²) in [7, 11) is 0. The molecular formula is C12H24N2. The van der Waals surface area contributed by atoms with E-state index in [0.717, 1.165) is 17.2 Å². The number of nitrogens with one attached hydrogen (secondary N) is 1. The lowest BCUT2D eigenvalue weighted by molar-refractivity contribution is 0.919. The van der Waals surface area contributed by atoms with Crippen molar-refractivity contribution >= 4 is 5.71 Å². The molecule has 1 aliphatic heterocycles. The minimum atomic E-state index is 0.737. The Balaban J connectivity index is 0. The molecule has 1 N–H and O–H groups in total. The van der Waals surface area contributed by atoms with Crippen LogP contribution in [0.15, 0.2) is 28.7 Å². The van der Waals surface area contributed by atoms with Gasteiger partial charge in [-0.05, 0) is 26.3 Å². The van der Waals surface area contributed by atoms with Gasteiger partial charge in [0, 0.05) is 11.4 Å². The molecule has 0 bridgehead atoms. The lowest BCUT2D eigenvalue weighted by atomic mass is 10.1. The molecule has 0 saturated heterocycles. The molecule has 0 radical (unpaired) electrons. The summed E-state index contributed by atoms with van der Waals surface area (Å²) in [6, 6.07) is 0. The van der Waals surface area contributed by atoms with Gasteiger partial charge in [0.1, 0.15) is 5.82 Å². The van der Waals surface area contributed by atoms with E-state index in [4.69, 9.17) is 0 Å². The van der Waals surface area contributed by atoms with Crippen molar-refractivity contribution in [3.8, 4) is 0 Å². The Kier molecular flexibility index (Phi) is 9.41. The highest BCUT2D eigenvalue weighted by molar-refractivity contribution is 5.99. The maximum Gasteiger partial charge on any atom is 0.123 e. The third kappa shape index (κ3) is 4.85. The van der Waals surface area contributed by atoms with Crippen LogP contribution in [0, 0.1) is 0 Å². The molecule has 0 aromatic carbocycles. The molecule has 1 heterocycles. The predicted molar refractivity (Wildman–Crippen MR) is 66.5 cm³/mol. The fraction of sp³-hybridized carbons (Fsp3) is 0.583. The summed E-state index contributed by atoms with van der Waals surface area (Å²) >= 11 is 0. The Morgan fingerprint density at radius 3 is 1.79 bits per heavy atom. The molecule has 0 aliphatic carbocycles. The smallest absolute Gasteiger partial charge is 0.123 e. The van der Waals surface area contributed by atoms with Crippen LogP contribution in [0.2, 0.25) is 0 Å². The van der Waals surface area contributed by atoms with Crippen LogP contribution >= 0.6 is 0 Å². The summed E-state index contributed by atoms with van der Waals surface area (Å²) < 4.78 is 0. The van der Waals surface area contributed by atoms with Crippen LogP contribution in [0.1, 0.15) is 48.5 Å². The number of hydrogen-bond acceptors (Lipinski definition) is 2. The average Bonchev–Trinajstić information content (AvgIpc) is 2.20. The second-order valence-corrected chi connectivity index (χ2v) is 2.52. The first-order chi connectivity index (χ1) is 6.61. The molecule has 0 amide bonds. The predicted octanol–water partition coefficient (Wildman–Crippen LogP) is 3.87. The second-order valence-electron chi connectivity index (χ2n) is 2.52. The summed E-state index contributed by atoms with van der Waals surface area (Å²) in [6.45, 7) is 17.8. The minimum absolute atomic E-state index is 0.737. The van der Waals surface area contributed by atoms with Crippen molar-refractivity contribution in [1.29, 1.82) is 0 Å². The van der Waals surface area contributed by atoms with Crippen molar-refractivity contribution in [2.75, 3.05) is 0 Å². The summed E-state index contributed by atoms with van der Waals surface area (Å²) in [4.78, 5) is 4.17. The molecule has 2 heteroatoms. The molecule has 0 aromatic heterocycles. The molecule has 14 heavy (non-hydrogen) atoms. The van der Waals surface area contributed by atoms with Gasteiger partial charge in [-0.3, -0.25) is 0 Å². The number of hydrogen-bond donors (Lipinski definition) is 1. The van der Waals surface area contributed by atoms with Gasteiger partial charge in [-0.1, -0.05) is 34.3 Å². The van der Waals surface area contributed by atoms with E-state index in [-0.39, 0.29) is 0 Å². The van der Waals surface area contributed by atoms with E-state index >= 15 is 0 Å². The summed E-state index contributed by atoms with van der Waals surface area (Å²) in [5.74, 6) is 0.737. The maximum absolute atomic E-state index is 4.17. The van der Waals surface area contributed by atoms with E-state index in [1.807, 2.05) is 48.5 Å². The zero-order valence-electron chi connectivity index (χ0n) is 10.7. The lowest BCUT2D eigenvalue weighted by Gasteiger charge is -2.16. The van der Waals surface area contributed by atoms with Gasteiger partial charge < -0.3 is 5.32 Å². The van der Waals surface area contributed by atoms with E-state index in [1.165, 1.54) is 5.57 Å². The topological polar surface area (TPSA) is 24.4 Å². The summed E-state index contributed by atoms with van der Waals surface area (Å²) in [5, 5.41) is 3.06. The SMILES string of the molecule is C=C1N=C(C)C(C)=C(C)N1.CC.CC. The van der Waals surface area contributed by atoms with Gasteiger partial charge in [-0.25, -0.2) is 4.99 Å². The monoisotopic (exact) mass is 196 g/mol. The lowest BCUT2D eigenvalue weighted by Crippen LogP contribution is -2.18. The molecule has 2 nitrogen and oxygen atoms in total. The van der Waals surface area contributed by atoms with Crippen LogP contribution in [-0.4, -0.2) is 5.71 Å². The maximum atomic E-state index is 4.17. The third-order valence-electron chi connectivity index (χ3n) is 1.74. The van der Waals surface area contributed by atoms with E-state index in [0.29, 0.717) is 0 Å². The molecule has 1 rings (SSSR count). The first-order valence-electron chi connectivity index (χ1n) is 5.30. The average molecular weight is 196 g/mol. The summed E-state index contributed by atoms with van der Waals surface area (Å²) in [6.07, 6.45) is 0. The Hall–Kier alpha value is -1.05. The van der Waals surface area contributed by atoms with Gasteiger partial charge in [0.15, 0.2) is 0 Å². The van der Waals surface area contributed by atoms with Gasteiger partial charge >= 0.3 is 0 Å². The molecule has 0 atom stereocenters. The normalized spacial score (nSPS) is 14.2. The quantitative estimate of drug-likeness (QED) is 0.625. The van der Waals surface area contributed by atoms with E-state index in [1.54, 1.807) is 0 Å². The number of allylic oxidation sites excluding steroid dienone is 2. The van der Waals surface area contributed by atoms with Crippen LogP contribution in [-0.2, 0) is 0 Å². The zero-order valence-corrected chi connectivity index (χ0v) is 10.7. The first-order valence-corrected chi connectivity index (χ1v) is 5.30. The second kappa shape index (κ2) is 8.54. The van der Waals surface area contributed by atoms with Gasteiger partial charge in [0.25, 0.3) is 0 Å². The summed E-state index contributed by atoms with van der Waals surface area (Å²) in [5.41, 5.74) is 3.42. The first kappa shape index (κ1) is 15.4. The third-order valence-corrected chi connectivity index (χ3v) is 1.74. The molecule has 0 aromatic rings. The number of nitrogens with zero attached hydrogens (tertiary/aromatic N) is 1. The van der Waals surface area contributed by atoms with Crippen LogP contribution in [0.4, 0.5) is 0 Å². The van der Waals surface area contributed by atoms with Gasteiger partial charge in [-0.15, -0.1) is 0 Å². The molecule has 0 fully saturated rings. The van der Waals surface area contributed by atoms with Crippen molar-refractivity contribution in [2.45, 2.75) is 48.5 Å². The highest BCUT2D eigenvalue weighted by Crippen LogP contribution is 2.11. The Morgan fingerprint density at radius 2 is 1.43 bits per heavy atom. The van der Waals surface area contributed by atoms with Gasteiger partial charge in [0.05, 0.1) is 0 Å². The zero-order chi connectivity index (χ0) is 11.7. The van der Waals surface area contributed by atoms with Crippen LogP contribution in [0.5, 0.6) is 0 Å². The number of aliphatic imine (C=N–C) groups is 1. The molecule has 1 aliphatic rings. The van der Waals surface area contributed by atoms with Crippen molar-refractivity contribution in [3.63, 3.8) is 0 Å². The van der Waals surface area contributed by atoms with Crippen LogP contribution < -0.4 is 5.32 Å². The standard InChI is InChI=1S/C8H12N2.2C2H6/c1-5-6(2)9-8(4)10-7(5)3;2*1-2/h9H,4H2,1-3H3;2*1-2H3. The molecule has 0 spiro atoms. The van der Waals surface area contributed by atoms with Crippen molar-refractivity contribution in [3.05, 3.63) is 23.7 Å². The highest BCUT2D eigenvalue weighted by atomic mass is 15.1. The number of rotatable bonds is 0. The van der Waals surface area contributed by atoms with Crippen molar-refractivity contribution < 1.29 is 0 Å². The largest absolute Gasteiger partial charge is 0.344 e. The molecular weight excluding hydrogens is 172 g/mol. The molecule has 0 saturated carbocycles. The van der Waals surface area contributed by atoms with E-state index in [9.17, 15) is 0 Å². The molecule has 82 valence electrons. The van der Waals surface area contributed by atoms with E-state index < -0.39 is 0 Å². The minimum Gasteiger partial charge on any atom is -0.344 e. The Bertz CT molecular complexity index is 229. The van der Waals surface area contributed by atoms with Crippen LogP contribution in [0.3, 0.4) is 0 Å².